The number of rotatable bonds is 11. The molecule has 0 spiro atoms. The summed E-state index contributed by atoms with van der Waals surface area (Å²) in [6, 6.07) is 3.47. The van der Waals surface area contributed by atoms with Gasteiger partial charge in [0.25, 0.3) is 0 Å². The molecule has 1 aromatic rings. The number of likely N-dealkylation sites (tertiary alicyclic amines) is 1. The number of amides is 1. The first-order chi connectivity index (χ1) is 17.1. The normalized spacial score (nSPS) is 18.7. The number of sulfonamides is 1. The Bertz CT molecular complexity index is 948. The van der Waals surface area contributed by atoms with Gasteiger partial charge in [0.1, 0.15) is 12.4 Å². The molecule has 0 radical (unpaired) electrons. The molecule has 36 heavy (non-hydrogen) atoms. The molecule has 0 aromatic heterocycles. The number of methoxy groups -OCH3 is 1. The smallest absolute Gasteiger partial charge is 0.248 e. The molecule has 0 saturated carbocycles. The van der Waals surface area contributed by atoms with E-state index in [9.17, 15) is 13.2 Å². The molecule has 0 bridgehead atoms. The quantitative estimate of drug-likeness (QED) is 0.409. The van der Waals surface area contributed by atoms with Crippen LogP contribution in [0.15, 0.2) is 17.0 Å². The third-order valence-electron chi connectivity index (χ3n) is 7.41. The van der Waals surface area contributed by atoms with E-state index in [1.54, 1.807) is 33.1 Å². The number of hydrogen-bond acceptors (Lipinski definition) is 7. The van der Waals surface area contributed by atoms with Crippen LogP contribution in [-0.4, -0.2) is 120 Å². The SMILES string of the molecule is CCN(CCOCC(=O)N1CCC(CN2CCN(C)CC2)CC1)S(=O)(=O)c1c(C)cc(OC)cc1C. The first-order valence-corrected chi connectivity index (χ1v) is 14.5. The number of aryl methyl sites for hydroxylation is 2. The number of carbonyl (C=O) groups is 1. The van der Waals surface area contributed by atoms with Gasteiger partial charge in [-0.25, -0.2) is 8.42 Å². The molecule has 0 atom stereocenters. The van der Waals surface area contributed by atoms with Crippen molar-refractivity contribution in [3.63, 3.8) is 0 Å². The number of piperidine rings is 1. The molecular formula is C26H44N4O5S. The lowest BCUT2D eigenvalue weighted by Gasteiger charge is -2.38. The van der Waals surface area contributed by atoms with Gasteiger partial charge in [-0.05, 0) is 62.9 Å². The molecule has 0 N–H and O–H groups in total. The van der Waals surface area contributed by atoms with Crippen molar-refractivity contribution in [3.05, 3.63) is 23.3 Å². The van der Waals surface area contributed by atoms with Crippen LogP contribution >= 0.6 is 0 Å². The van der Waals surface area contributed by atoms with Crippen LogP contribution in [0.3, 0.4) is 0 Å². The Kier molecular flexibility index (Phi) is 10.6. The Morgan fingerprint density at radius 1 is 1.06 bits per heavy atom. The van der Waals surface area contributed by atoms with Crippen molar-refractivity contribution < 1.29 is 22.7 Å². The number of hydrogen-bond donors (Lipinski definition) is 0. The lowest BCUT2D eigenvalue weighted by atomic mass is 9.96. The second-order valence-electron chi connectivity index (χ2n) is 10.1. The maximum Gasteiger partial charge on any atom is 0.248 e. The Morgan fingerprint density at radius 3 is 2.22 bits per heavy atom. The van der Waals surface area contributed by atoms with E-state index in [0.717, 1.165) is 58.7 Å². The van der Waals surface area contributed by atoms with E-state index in [4.69, 9.17) is 9.47 Å². The highest BCUT2D eigenvalue weighted by atomic mass is 32.2. The van der Waals surface area contributed by atoms with E-state index < -0.39 is 10.0 Å². The molecule has 2 aliphatic rings. The monoisotopic (exact) mass is 524 g/mol. The van der Waals surface area contributed by atoms with Crippen molar-refractivity contribution >= 4 is 15.9 Å². The molecule has 9 nitrogen and oxygen atoms in total. The summed E-state index contributed by atoms with van der Waals surface area (Å²) in [6.45, 7) is 13.2. The van der Waals surface area contributed by atoms with Crippen molar-refractivity contribution in [1.82, 2.24) is 19.0 Å². The summed E-state index contributed by atoms with van der Waals surface area (Å²) in [6.07, 6.45) is 2.06. The largest absolute Gasteiger partial charge is 0.497 e. The van der Waals surface area contributed by atoms with Gasteiger partial charge in [0.2, 0.25) is 15.9 Å². The van der Waals surface area contributed by atoms with Gasteiger partial charge in [-0.15, -0.1) is 0 Å². The summed E-state index contributed by atoms with van der Waals surface area (Å²) in [4.78, 5) is 19.8. The van der Waals surface area contributed by atoms with Gasteiger partial charge in [0.05, 0.1) is 18.6 Å². The molecule has 204 valence electrons. The standard InChI is InChI=1S/C26H44N4O5S/c1-6-30(36(32,33)26-21(2)17-24(34-5)18-22(26)3)15-16-35-20-25(31)29-9-7-23(8-10-29)19-28-13-11-27(4)12-14-28/h17-18,23H,6-16,19-20H2,1-5H3. The number of ether oxygens (including phenoxy) is 2. The predicted octanol–water partition coefficient (Wildman–Crippen LogP) is 1.83. The topological polar surface area (TPSA) is 82.6 Å². The second kappa shape index (κ2) is 13.2. The van der Waals surface area contributed by atoms with Crippen molar-refractivity contribution in [2.24, 2.45) is 5.92 Å². The minimum absolute atomic E-state index is 0.0126. The van der Waals surface area contributed by atoms with Crippen molar-refractivity contribution in [2.75, 3.05) is 86.3 Å². The summed E-state index contributed by atoms with van der Waals surface area (Å²) in [5.74, 6) is 1.27. The lowest BCUT2D eigenvalue weighted by Crippen LogP contribution is -2.48. The summed E-state index contributed by atoms with van der Waals surface area (Å²) in [7, 11) is 0.0529. The molecule has 2 aliphatic heterocycles. The average Bonchev–Trinajstić information content (AvgIpc) is 2.85. The number of carbonyl (C=O) groups excluding carboxylic acids is 1. The zero-order chi connectivity index (χ0) is 26.3. The molecule has 10 heteroatoms. The zero-order valence-corrected chi connectivity index (χ0v) is 23.5. The van der Waals surface area contributed by atoms with Crippen molar-refractivity contribution in [2.45, 2.75) is 38.5 Å². The fourth-order valence-corrected chi connectivity index (χ4v) is 7.03. The van der Waals surface area contributed by atoms with Crippen LogP contribution in [0.5, 0.6) is 5.75 Å². The highest BCUT2D eigenvalue weighted by Crippen LogP contribution is 2.28. The Balaban J connectivity index is 1.42. The van der Waals surface area contributed by atoms with Gasteiger partial charge in [0, 0.05) is 58.9 Å². The number of nitrogens with zero attached hydrogens (tertiary/aromatic N) is 4. The summed E-state index contributed by atoms with van der Waals surface area (Å²) < 4.78 is 38.9. The van der Waals surface area contributed by atoms with Gasteiger partial charge in [-0.1, -0.05) is 6.92 Å². The van der Waals surface area contributed by atoms with E-state index >= 15 is 0 Å². The predicted molar refractivity (Wildman–Crippen MR) is 141 cm³/mol. The molecule has 0 aliphatic carbocycles. The molecule has 1 aromatic carbocycles. The van der Waals surface area contributed by atoms with Crippen molar-refractivity contribution in [3.8, 4) is 5.75 Å². The maximum absolute atomic E-state index is 13.3. The molecular weight excluding hydrogens is 480 g/mol. The summed E-state index contributed by atoms with van der Waals surface area (Å²) >= 11 is 0. The van der Waals surface area contributed by atoms with Crippen LogP contribution in [-0.2, 0) is 19.6 Å². The number of piperazine rings is 1. The van der Waals surface area contributed by atoms with Crippen LogP contribution < -0.4 is 4.74 Å². The highest BCUT2D eigenvalue weighted by molar-refractivity contribution is 7.89. The molecule has 2 heterocycles. The fourth-order valence-electron chi connectivity index (χ4n) is 5.19. The van der Waals surface area contributed by atoms with Crippen LogP contribution in [0.2, 0.25) is 0 Å². The Labute approximate surface area is 217 Å². The summed E-state index contributed by atoms with van der Waals surface area (Å²) in [5, 5.41) is 0. The van der Waals surface area contributed by atoms with E-state index in [0.29, 0.717) is 34.2 Å². The molecule has 2 saturated heterocycles. The van der Waals surface area contributed by atoms with Crippen molar-refractivity contribution in [1.29, 1.82) is 0 Å². The minimum Gasteiger partial charge on any atom is -0.497 e. The second-order valence-corrected chi connectivity index (χ2v) is 11.9. The molecule has 1 amide bonds. The van der Waals surface area contributed by atoms with Crippen LogP contribution in [0.1, 0.15) is 30.9 Å². The van der Waals surface area contributed by atoms with Crippen LogP contribution in [0.25, 0.3) is 0 Å². The van der Waals surface area contributed by atoms with Gasteiger partial charge in [-0.2, -0.15) is 4.31 Å². The third kappa shape index (κ3) is 7.41. The molecule has 0 unspecified atom stereocenters. The Morgan fingerprint density at radius 2 is 1.67 bits per heavy atom. The van der Waals surface area contributed by atoms with E-state index in [2.05, 4.69) is 16.8 Å². The first-order valence-electron chi connectivity index (χ1n) is 13.1. The van der Waals surface area contributed by atoms with Crippen LogP contribution in [0.4, 0.5) is 0 Å². The average molecular weight is 525 g/mol. The lowest BCUT2D eigenvalue weighted by molar-refractivity contribution is -0.137. The van der Waals surface area contributed by atoms with Gasteiger partial charge < -0.3 is 24.2 Å². The summed E-state index contributed by atoms with van der Waals surface area (Å²) in [5.41, 5.74) is 1.30. The molecule has 2 fully saturated rings. The van der Waals surface area contributed by atoms with E-state index in [1.165, 1.54) is 4.31 Å². The third-order valence-corrected chi connectivity index (χ3v) is 9.69. The first kappa shape index (κ1) is 28.8. The van der Waals surface area contributed by atoms with E-state index in [-0.39, 0.29) is 25.7 Å². The maximum atomic E-state index is 13.3. The zero-order valence-electron chi connectivity index (χ0n) is 22.7. The number of benzene rings is 1. The number of likely N-dealkylation sites (N-methyl/N-ethyl adjacent to an activating group) is 2. The highest BCUT2D eigenvalue weighted by Gasteiger charge is 2.28. The van der Waals surface area contributed by atoms with E-state index in [1.807, 2.05) is 11.8 Å². The fraction of sp³-hybridized carbons (Fsp3) is 0.731. The molecule has 3 rings (SSSR count). The van der Waals surface area contributed by atoms with Gasteiger partial charge in [-0.3, -0.25) is 4.79 Å². The minimum atomic E-state index is -3.68. The Hall–Kier alpha value is -1.72. The van der Waals surface area contributed by atoms with Crippen LogP contribution in [0, 0.1) is 19.8 Å². The van der Waals surface area contributed by atoms with Gasteiger partial charge >= 0.3 is 0 Å². The van der Waals surface area contributed by atoms with Gasteiger partial charge in [0.15, 0.2) is 0 Å².